The lowest BCUT2D eigenvalue weighted by Gasteiger charge is -2.06. The summed E-state index contributed by atoms with van der Waals surface area (Å²) in [7, 11) is -4.62. The Balaban J connectivity index is 2.43. The summed E-state index contributed by atoms with van der Waals surface area (Å²) in [6.07, 6.45) is 0. The van der Waals surface area contributed by atoms with Gasteiger partial charge in [-0.05, 0) is 18.2 Å². The van der Waals surface area contributed by atoms with Crippen molar-refractivity contribution in [3.8, 4) is 6.07 Å². The molecule has 0 radical (unpaired) electrons. The van der Waals surface area contributed by atoms with E-state index >= 15 is 0 Å². The summed E-state index contributed by atoms with van der Waals surface area (Å²) in [6, 6.07) is 5.38. The number of hydrogen-bond acceptors (Lipinski definition) is 14. The van der Waals surface area contributed by atoms with Crippen LogP contribution in [0.3, 0.4) is 0 Å². The van der Waals surface area contributed by atoms with Crippen LogP contribution in [-0.4, -0.2) is 33.9 Å². The number of nitrogen functional groups attached to an aromatic ring is 2. The van der Waals surface area contributed by atoms with Gasteiger partial charge in [-0.15, -0.1) is 14.6 Å². The third-order valence-corrected chi connectivity index (χ3v) is 5.00. The van der Waals surface area contributed by atoms with E-state index in [0.717, 1.165) is 17.8 Å². The van der Waals surface area contributed by atoms with Crippen molar-refractivity contribution in [2.24, 2.45) is 10.2 Å². The van der Waals surface area contributed by atoms with Crippen LogP contribution in [0, 0.1) is 11.3 Å². The average Bonchev–Trinajstić information content (AvgIpc) is 2.63. The van der Waals surface area contributed by atoms with Crippen molar-refractivity contribution >= 4 is 56.9 Å². The SMILES string of the molecule is N#CCSc1nc(N)c(N=Nc2cc(SOOO)ccc2S(=O)(=O)O)c(N)n1. The third kappa shape index (κ3) is 5.74. The van der Waals surface area contributed by atoms with E-state index in [1.165, 1.54) is 12.1 Å². The van der Waals surface area contributed by atoms with Crippen molar-refractivity contribution < 1.29 is 27.6 Å². The maximum absolute atomic E-state index is 11.5. The Kier molecular flexibility index (Phi) is 7.47. The molecule has 0 aliphatic carbocycles. The molecule has 0 fully saturated rings. The number of aromatic nitrogens is 2. The van der Waals surface area contributed by atoms with E-state index in [4.69, 9.17) is 22.0 Å². The molecular weight excluding hydrogens is 434 g/mol. The lowest BCUT2D eigenvalue weighted by molar-refractivity contribution is -0.432. The first-order valence-electron chi connectivity index (χ1n) is 6.87. The molecule has 0 spiro atoms. The van der Waals surface area contributed by atoms with Gasteiger partial charge in [0.15, 0.2) is 22.5 Å². The van der Waals surface area contributed by atoms with E-state index in [-0.39, 0.29) is 38.8 Å². The Bertz CT molecular complexity index is 1020. The molecule has 1 aromatic heterocycles. The largest absolute Gasteiger partial charge is 0.382 e. The van der Waals surface area contributed by atoms with Crippen LogP contribution in [0.25, 0.3) is 0 Å². The fraction of sp³-hybridized carbons (Fsp3) is 0.0833. The minimum Gasteiger partial charge on any atom is -0.382 e. The van der Waals surface area contributed by atoms with Gasteiger partial charge in [0.05, 0.1) is 23.9 Å². The molecule has 28 heavy (non-hydrogen) atoms. The molecule has 6 N–H and O–H groups in total. The lowest BCUT2D eigenvalue weighted by atomic mass is 10.3. The van der Waals surface area contributed by atoms with Crippen LogP contribution in [-0.2, 0) is 19.5 Å². The minimum absolute atomic E-state index is 0.0849. The molecule has 148 valence electrons. The van der Waals surface area contributed by atoms with Crippen LogP contribution >= 0.6 is 23.8 Å². The standard InChI is InChI=1S/C12H11N7O6S3/c13-3-4-26-12-16-10(14)9(11(15)17-12)19-18-7-5-6(27-25-24-20)1-2-8(7)28(21,22)23/h1-2,5,20H,4H2,(H,21,22,23)(H4,14,15,16,17). The Hall–Kier alpha value is -2.52. The summed E-state index contributed by atoms with van der Waals surface area (Å²) < 4.78 is 36.6. The first-order chi connectivity index (χ1) is 13.3. The molecule has 1 heterocycles. The van der Waals surface area contributed by atoms with Crippen molar-refractivity contribution in [1.29, 1.82) is 5.26 Å². The zero-order chi connectivity index (χ0) is 20.7. The third-order valence-electron chi connectivity index (χ3n) is 2.81. The highest BCUT2D eigenvalue weighted by atomic mass is 32.2. The van der Waals surface area contributed by atoms with E-state index in [9.17, 15) is 13.0 Å². The first-order valence-corrected chi connectivity index (χ1v) is 10.0. The molecular formula is C12H11N7O6S3. The summed E-state index contributed by atoms with van der Waals surface area (Å²) in [5, 5.41) is 27.9. The number of rotatable bonds is 8. The highest BCUT2D eigenvalue weighted by molar-refractivity contribution is 7.99. The molecule has 0 saturated heterocycles. The first kappa shape index (κ1) is 21.8. The van der Waals surface area contributed by atoms with E-state index in [2.05, 4.69) is 29.6 Å². The fourth-order valence-corrected chi connectivity index (χ4v) is 3.25. The number of anilines is 2. The lowest BCUT2D eigenvalue weighted by Crippen LogP contribution is -2.01. The number of nitrogens with zero attached hydrogens (tertiary/aromatic N) is 5. The van der Waals surface area contributed by atoms with Gasteiger partial charge in [0.25, 0.3) is 10.1 Å². The minimum atomic E-state index is -4.62. The fourth-order valence-electron chi connectivity index (χ4n) is 1.74. The number of azo groups is 1. The number of hydrogen-bond donors (Lipinski definition) is 4. The maximum atomic E-state index is 11.5. The molecule has 0 bridgehead atoms. The molecule has 0 aliphatic heterocycles. The molecule has 0 saturated carbocycles. The zero-order valence-corrected chi connectivity index (χ0v) is 16.0. The molecule has 13 nitrogen and oxygen atoms in total. The van der Waals surface area contributed by atoms with Gasteiger partial charge in [-0.2, -0.15) is 13.7 Å². The van der Waals surface area contributed by atoms with Gasteiger partial charge < -0.3 is 11.5 Å². The highest BCUT2D eigenvalue weighted by Gasteiger charge is 2.17. The molecule has 2 rings (SSSR count). The molecule has 2 aromatic rings. The number of nitrogens with two attached hydrogens (primary N) is 2. The summed E-state index contributed by atoms with van der Waals surface area (Å²) >= 11 is 1.55. The van der Waals surface area contributed by atoms with Crippen molar-refractivity contribution in [3.05, 3.63) is 18.2 Å². The van der Waals surface area contributed by atoms with E-state index in [1.54, 1.807) is 0 Å². The molecule has 0 amide bonds. The van der Waals surface area contributed by atoms with Crippen LogP contribution in [0.2, 0.25) is 0 Å². The van der Waals surface area contributed by atoms with E-state index in [1.807, 2.05) is 6.07 Å². The molecule has 16 heteroatoms. The second-order valence-corrected chi connectivity index (χ2v) is 7.71. The molecule has 0 atom stereocenters. The van der Waals surface area contributed by atoms with Crippen molar-refractivity contribution in [3.63, 3.8) is 0 Å². The van der Waals surface area contributed by atoms with Gasteiger partial charge in [-0.25, -0.2) is 15.2 Å². The predicted octanol–water partition coefficient (Wildman–Crippen LogP) is 2.35. The van der Waals surface area contributed by atoms with Crippen molar-refractivity contribution in [2.75, 3.05) is 17.2 Å². The van der Waals surface area contributed by atoms with Gasteiger partial charge in [0.1, 0.15) is 10.6 Å². The Morgan fingerprint density at radius 3 is 2.50 bits per heavy atom. The summed E-state index contributed by atoms with van der Waals surface area (Å²) in [5.41, 5.74) is 11.1. The number of nitriles is 1. The summed E-state index contributed by atoms with van der Waals surface area (Å²) in [4.78, 5) is 7.55. The van der Waals surface area contributed by atoms with E-state index < -0.39 is 15.0 Å². The van der Waals surface area contributed by atoms with Crippen LogP contribution in [0.4, 0.5) is 23.0 Å². The molecule has 0 aliphatic rings. The topological polar surface area (TPSA) is 219 Å². The summed E-state index contributed by atoms with van der Waals surface area (Å²) in [6.45, 7) is 0. The van der Waals surface area contributed by atoms with Gasteiger partial charge in [-0.1, -0.05) is 16.8 Å². The van der Waals surface area contributed by atoms with Crippen LogP contribution < -0.4 is 11.5 Å². The van der Waals surface area contributed by atoms with Crippen molar-refractivity contribution in [1.82, 2.24) is 9.97 Å². The van der Waals surface area contributed by atoms with Gasteiger partial charge >= 0.3 is 0 Å². The van der Waals surface area contributed by atoms with E-state index in [0.29, 0.717) is 12.0 Å². The van der Waals surface area contributed by atoms with Crippen LogP contribution in [0.1, 0.15) is 0 Å². The average molecular weight is 445 g/mol. The second-order valence-electron chi connectivity index (χ2n) is 4.60. The summed E-state index contributed by atoms with van der Waals surface area (Å²) in [5.74, 6) is -0.207. The highest BCUT2D eigenvalue weighted by Crippen LogP contribution is 2.34. The Morgan fingerprint density at radius 1 is 1.25 bits per heavy atom. The van der Waals surface area contributed by atoms with Gasteiger partial charge in [0.2, 0.25) is 0 Å². The Labute approximate surface area is 166 Å². The van der Waals surface area contributed by atoms with Gasteiger partial charge in [-0.3, -0.25) is 4.55 Å². The second kappa shape index (κ2) is 9.61. The van der Waals surface area contributed by atoms with Crippen molar-refractivity contribution in [2.45, 2.75) is 14.9 Å². The number of benzene rings is 1. The molecule has 1 aromatic carbocycles. The quantitative estimate of drug-likeness (QED) is 0.0872. The number of thioether (sulfide) groups is 1. The molecule has 0 unspecified atom stereocenters. The monoisotopic (exact) mass is 445 g/mol. The maximum Gasteiger partial charge on any atom is 0.296 e. The predicted molar refractivity (Wildman–Crippen MR) is 98.3 cm³/mol. The van der Waals surface area contributed by atoms with Crippen LogP contribution in [0.5, 0.6) is 0 Å². The Morgan fingerprint density at radius 2 is 1.93 bits per heavy atom. The smallest absolute Gasteiger partial charge is 0.296 e. The normalized spacial score (nSPS) is 11.6. The van der Waals surface area contributed by atoms with Crippen LogP contribution in [0.15, 0.2) is 43.4 Å². The zero-order valence-electron chi connectivity index (χ0n) is 13.6. The van der Waals surface area contributed by atoms with Gasteiger partial charge in [0, 0.05) is 4.90 Å².